The molecule has 0 aliphatic rings. The van der Waals surface area contributed by atoms with E-state index < -0.39 is 0 Å². The minimum atomic E-state index is 0.507. The molecule has 0 amide bonds. The quantitative estimate of drug-likeness (QED) is 0.488. The van der Waals surface area contributed by atoms with Gasteiger partial charge in [0.2, 0.25) is 5.95 Å². The summed E-state index contributed by atoms with van der Waals surface area (Å²) < 4.78 is 14.3. The van der Waals surface area contributed by atoms with Crippen LogP contribution in [0.5, 0.6) is 11.5 Å². The van der Waals surface area contributed by atoms with Gasteiger partial charge in [0, 0.05) is 22.1 Å². The van der Waals surface area contributed by atoms with Crippen molar-refractivity contribution in [2.45, 2.75) is 0 Å². The highest BCUT2D eigenvalue weighted by atomic mass is 79.9. The first kappa shape index (κ1) is 16.9. The topological polar surface area (TPSA) is 61.0 Å². The maximum atomic E-state index is 5.32. The molecule has 0 fully saturated rings. The van der Waals surface area contributed by atoms with Crippen molar-refractivity contribution >= 4 is 54.5 Å². The summed E-state index contributed by atoms with van der Waals surface area (Å²) in [5, 5.41) is 8.52. The molecule has 0 N–H and O–H groups in total. The molecule has 0 spiro atoms. The number of rotatable bonds is 4. The summed E-state index contributed by atoms with van der Waals surface area (Å²) >= 11 is 6.98. The Morgan fingerprint density at radius 3 is 2.46 bits per heavy atom. The highest BCUT2D eigenvalue weighted by molar-refractivity contribution is 9.13. The molecular formula is C16H14Br2N4O2. The maximum absolute atomic E-state index is 5.32. The van der Waals surface area contributed by atoms with Crippen LogP contribution in [0.3, 0.4) is 0 Å². The summed E-state index contributed by atoms with van der Waals surface area (Å²) in [6.07, 6.45) is 0. The van der Waals surface area contributed by atoms with Crippen molar-refractivity contribution in [2.75, 3.05) is 14.2 Å². The highest BCUT2D eigenvalue weighted by Crippen LogP contribution is 2.34. The number of nitrogens with zero attached hydrogens (tertiary/aromatic N) is 4. The average Bonchev–Trinajstić information content (AvgIpc) is 2.89. The van der Waals surface area contributed by atoms with Gasteiger partial charge in [-0.15, -0.1) is 10.2 Å². The number of halogens is 2. The van der Waals surface area contributed by atoms with Gasteiger partial charge in [-0.05, 0) is 56.1 Å². The molecule has 0 radical (unpaired) electrons. The number of ether oxygens (including phenoxy) is 2. The standard InChI is InChI=1S/C16H14Br2N4O2/c1-22-14-8-11(18)10(17)7-13(14)19-16(22)21-20-12-5-4-9(23-2)6-15(12)24-3/h4-8H,1-3H3. The Hall–Kier alpha value is -1.93. The molecule has 124 valence electrons. The maximum Gasteiger partial charge on any atom is 0.250 e. The molecule has 24 heavy (non-hydrogen) atoms. The molecule has 8 heteroatoms. The van der Waals surface area contributed by atoms with E-state index >= 15 is 0 Å². The summed E-state index contributed by atoms with van der Waals surface area (Å²) in [7, 11) is 5.08. The third-order valence-electron chi connectivity index (χ3n) is 3.53. The Bertz CT molecular complexity index is 937. The Balaban J connectivity index is 2.00. The number of aryl methyl sites for hydroxylation is 1. The van der Waals surface area contributed by atoms with E-state index in [1.165, 1.54) is 0 Å². The molecule has 2 aromatic carbocycles. The van der Waals surface area contributed by atoms with Crippen LogP contribution in [0.4, 0.5) is 11.6 Å². The number of methoxy groups -OCH3 is 2. The molecular weight excluding hydrogens is 440 g/mol. The number of imidazole rings is 1. The van der Waals surface area contributed by atoms with Crippen LogP contribution in [0.25, 0.3) is 11.0 Å². The predicted molar refractivity (Wildman–Crippen MR) is 99.8 cm³/mol. The van der Waals surface area contributed by atoms with E-state index in [1.54, 1.807) is 32.4 Å². The fourth-order valence-electron chi connectivity index (χ4n) is 2.23. The van der Waals surface area contributed by atoms with Crippen LogP contribution in [0.1, 0.15) is 0 Å². The SMILES string of the molecule is COc1ccc(N=Nc2nc3cc(Br)c(Br)cc3n2C)c(OC)c1. The average molecular weight is 454 g/mol. The van der Waals surface area contributed by atoms with Crippen LogP contribution in [0, 0.1) is 0 Å². The first-order valence-electron chi connectivity index (χ1n) is 6.98. The van der Waals surface area contributed by atoms with Crippen molar-refractivity contribution in [3.63, 3.8) is 0 Å². The van der Waals surface area contributed by atoms with Crippen molar-refractivity contribution < 1.29 is 9.47 Å². The molecule has 3 aromatic rings. The van der Waals surface area contributed by atoms with Crippen LogP contribution in [0.15, 0.2) is 49.5 Å². The van der Waals surface area contributed by atoms with Gasteiger partial charge in [0.25, 0.3) is 0 Å². The second kappa shape index (κ2) is 6.90. The third kappa shape index (κ3) is 3.16. The van der Waals surface area contributed by atoms with Gasteiger partial charge in [-0.2, -0.15) is 0 Å². The van der Waals surface area contributed by atoms with Gasteiger partial charge in [0.1, 0.15) is 17.2 Å². The lowest BCUT2D eigenvalue weighted by atomic mass is 10.3. The minimum Gasteiger partial charge on any atom is -0.497 e. The van der Waals surface area contributed by atoms with Crippen molar-refractivity contribution in [1.29, 1.82) is 0 Å². The summed E-state index contributed by atoms with van der Waals surface area (Å²) in [6, 6.07) is 9.28. The van der Waals surface area contributed by atoms with Crippen LogP contribution >= 0.6 is 31.9 Å². The Morgan fingerprint density at radius 2 is 1.75 bits per heavy atom. The zero-order valence-electron chi connectivity index (χ0n) is 13.2. The Labute approximate surface area is 155 Å². The summed E-state index contributed by atoms with van der Waals surface area (Å²) in [5.41, 5.74) is 2.40. The number of fused-ring (bicyclic) bond motifs is 1. The van der Waals surface area contributed by atoms with Gasteiger partial charge < -0.3 is 14.0 Å². The molecule has 6 nitrogen and oxygen atoms in total. The fraction of sp³-hybridized carbons (Fsp3) is 0.188. The fourth-order valence-corrected chi connectivity index (χ4v) is 2.89. The lowest BCUT2D eigenvalue weighted by molar-refractivity contribution is 0.395. The van der Waals surface area contributed by atoms with Gasteiger partial charge in [-0.25, -0.2) is 4.98 Å². The number of aromatic nitrogens is 2. The van der Waals surface area contributed by atoms with Crippen molar-refractivity contribution in [3.05, 3.63) is 39.3 Å². The number of azo groups is 1. The second-order valence-corrected chi connectivity index (χ2v) is 6.67. The number of hydrogen-bond donors (Lipinski definition) is 0. The minimum absolute atomic E-state index is 0.507. The smallest absolute Gasteiger partial charge is 0.250 e. The van der Waals surface area contributed by atoms with Crippen LogP contribution in [-0.4, -0.2) is 23.8 Å². The molecule has 0 unspecified atom stereocenters. The molecule has 0 aliphatic carbocycles. The summed E-state index contributed by atoms with van der Waals surface area (Å²) in [5.74, 6) is 1.79. The zero-order valence-corrected chi connectivity index (χ0v) is 16.4. The van der Waals surface area contributed by atoms with Crippen LogP contribution < -0.4 is 9.47 Å². The molecule has 3 rings (SSSR count). The van der Waals surface area contributed by atoms with E-state index in [2.05, 4.69) is 47.1 Å². The van der Waals surface area contributed by atoms with E-state index in [-0.39, 0.29) is 0 Å². The first-order valence-corrected chi connectivity index (χ1v) is 8.57. The van der Waals surface area contributed by atoms with Crippen molar-refractivity contribution in [1.82, 2.24) is 9.55 Å². The molecule has 0 aliphatic heterocycles. The lowest BCUT2D eigenvalue weighted by Crippen LogP contribution is -1.87. The van der Waals surface area contributed by atoms with Gasteiger partial charge in [0.15, 0.2) is 0 Å². The molecule has 1 aromatic heterocycles. The van der Waals surface area contributed by atoms with Gasteiger partial charge in [-0.1, -0.05) is 0 Å². The van der Waals surface area contributed by atoms with Gasteiger partial charge in [0.05, 0.1) is 25.3 Å². The number of benzene rings is 2. The summed E-state index contributed by atoms with van der Waals surface area (Å²) in [6.45, 7) is 0. The summed E-state index contributed by atoms with van der Waals surface area (Å²) in [4.78, 5) is 4.50. The second-order valence-electron chi connectivity index (χ2n) is 4.96. The van der Waals surface area contributed by atoms with Gasteiger partial charge >= 0.3 is 0 Å². The van der Waals surface area contributed by atoms with Crippen LogP contribution in [0.2, 0.25) is 0 Å². The highest BCUT2D eigenvalue weighted by Gasteiger charge is 2.10. The molecule has 0 saturated heterocycles. The molecule has 0 bridgehead atoms. The zero-order chi connectivity index (χ0) is 17.3. The normalized spacial score (nSPS) is 11.4. The van der Waals surface area contributed by atoms with E-state index in [9.17, 15) is 0 Å². The van der Waals surface area contributed by atoms with E-state index in [0.717, 1.165) is 20.0 Å². The van der Waals surface area contributed by atoms with Crippen molar-refractivity contribution in [2.24, 2.45) is 17.3 Å². The molecule has 0 saturated carbocycles. The van der Waals surface area contributed by atoms with Crippen molar-refractivity contribution in [3.8, 4) is 11.5 Å². The van der Waals surface area contributed by atoms with Crippen LogP contribution in [-0.2, 0) is 7.05 Å². The third-order valence-corrected chi connectivity index (χ3v) is 5.38. The molecule has 0 atom stereocenters. The first-order chi connectivity index (χ1) is 11.5. The lowest BCUT2D eigenvalue weighted by Gasteiger charge is -2.05. The van der Waals surface area contributed by atoms with E-state index in [1.807, 2.05) is 23.7 Å². The predicted octanol–water partition coefficient (Wildman–Crippen LogP) is 5.53. The Morgan fingerprint density at radius 1 is 1.00 bits per heavy atom. The largest absolute Gasteiger partial charge is 0.497 e. The number of hydrogen-bond acceptors (Lipinski definition) is 5. The van der Waals surface area contributed by atoms with E-state index in [4.69, 9.17) is 9.47 Å². The van der Waals surface area contributed by atoms with E-state index in [0.29, 0.717) is 23.1 Å². The van der Waals surface area contributed by atoms with Gasteiger partial charge in [-0.3, -0.25) is 0 Å². The molecule has 1 heterocycles. The Kier molecular flexibility index (Phi) is 4.86. The monoisotopic (exact) mass is 452 g/mol.